The number of thioether (sulfide) groups is 1. The molecule has 1 atom stereocenters. The van der Waals surface area contributed by atoms with Crippen LogP contribution in [-0.2, 0) is 25.3 Å². The van der Waals surface area contributed by atoms with Crippen molar-refractivity contribution in [2.24, 2.45) is 0 Å². The van der Waals surface area contributed by atoms with Gasteiger partial charge in [-0.15, -0.1) is 11.8 Å². The molecule has 0 aliphatic carbocycles. The van der Waals surface area contributed by atoms with Gasteiger partial charge in [-0.1, -0.05) is 0 Å². The highest BCUT2D eigenvalue weighted by Gasteiger charge is 2.34. The maximum atomic E-state index is 12.8. The van der Waals surface area contributed by atoms with Crippen molar-refractivity contribution in [1.82, 2.24) is 4.90 Å². The van der Waals surface area contributed by atoms with Crippen LogP contribution in [0.25, 0.3) is 0 Å². The van der Waals surface area contributed by atoms with Crippen molar-refractivity contribution in [2.45, 2.75) is 36.6 Å². The second-order valence-corrected chi connectivity index (χ2v) is 6.98. The van der Waals surface area contributed by atoms with Gasteiger partial charge >= 0.3 is 12.1 Å². The summed E-state index contributed by atoms with van der Waals surface area (Å²) in [6.45, 7) is 4.17. The summed E-state index contributed by atoms with van der Waals surface area (Å²) in [7, 11) is 0. The molecule has 0 fully saturated rings. The van der Waals surface area contributed by atoms with Crippen LogP contribution < -0.4 is 5.32 Å². The Morgan fingerprint density at radius 1 is 1.26 bits per heavy atom. The van der Waals surface area contributed by atoms with Gasteiger partial charge in [-0.2, -0.15) is 13.2 Å². The van der Waals surface area contributed by atoms with Crippen LogP contribution in [-0.4, -0.2) is 47.6 Å². The number of ether oxygens (including phenoxy) is 1. The zero-order chi connectivity index (χ0) is 20.2. The molecule has 0 saturated carbocycles. The second kappa shape index (κ2) is 8.64. The highest BCUT2D eigenvalue weighted by atomic mass is 32.2. The lowest BCUT2D eigenvalue weighted by atomic mass is 10.1. The van der Waals surface area contributed by atoms with E-state index in [0.29, 0.717) is 18.0 Å². The number of anilines is 1. The number of carbonyl (C=O) groups is 3. The molecule has 1 N–H and O–H groups in total. The van der Waals surface area contributed by atoms with Crippen LogP contribution in [0.2, 0.25) is 0 Å². The monoisotopic (exact) mass is 404 g/mol. The van der Waals surface area contributed by atoms with Gasteiger partial charge in [-0.3, -0.25) is 14.4 Å². The Kier molecular flexibility index (Phi) is 6.74. The number of amides is 2. The van der Waals surface area contributed by atoms with Crippen molar-refractivity contribution < 1.29 is 32.3 Å². The van der Waals surface area contributed by atoms with Crippen molar-refractivity contribution >= 4 is 35.2 Å². The number of hydrogen-bond donors (Lipinski definition) is 1. The fraction of sp³-hybridized carbons (Fsp3) is 0.471. The van der Waals surface area contributed by atoms with Gasteiger partial charge in [0.25, 0.3) is 5.91 Å². The van der Waals surface area contributed by atoms with Crippen molar-refractivity contribution in [3.63, 3.8) is 0 Å². The van der Waals surface area contributed by atoms with Crippen molar-refractivity contribution in [2.75, 3.05) is 25.0 Å². The summed E-state index contributed by atoms with van der Waals surface area (Å²) < 4.78 is 43.2. The summed E-state index contributed by atoms with van der Waals surface area (Å²) in [6.07, 6.45) is -4.80. The number of carbonyl (C=O) groups excluding carboxylic acids is 3. The molecule has 0 saturated heterocycles. The number of nitrogens with one attached hydrogen (secondary N) is 1. The molecule has 1 aromatic rings. The molecule has 2 rings (SSSR count). The van der Waals surface area contributed by atoms with Gasteiger partial charge in [0.1, 0.15) is 0 Å². The van der Waals surface area contributed by atoms with Crippen LogP contribution in [0.15, 0.2) is 23.1 Å². The van der Waals surface area contributed by atoms with E-state index in [2.05, 4.69) is 5.32 Å². The van der Waals surface area contributed by atoms with E-state index in [1.54, 1.807) is 13.8 Å². The fourth-order valence-corrected chi connectivity index (χ4v) is 3.56. The summed E-state index contributed by atoms with van der Waals surface area (Å²) in [4.78, 5) is 37.8. The third-order valence-corrected chi connectivity index (χ3v) is 5.23. The number of esters is 1. The van der Waals surface area contributed by atoms with Gasteiger partial charge < -0.3 is 15.0 Å². The summed E-state index contributed by atoms with van der Waals surface area (Å²) in [5.41, 5.74) is -0.809. The fourth-order valence-electron chi connectivity index (χ4n) is 2.48. The standard InChI is InChI=1S/C17H19F3N2O4S/c1-3-22(4-2)14(23)9-26-15(24)8-13-16(25)21-11-7-10(17(18,19)20)5-6-12(11)27-13/h5-7,13H,3-4,8-9H2,1-2H3,(H,21,25). The number of alkyl halides is 3. The zero-order valence-electron chi connectivity index (χ0n) is 14.8. The maximum Gasteiger partial charge on any atom is 0.416 e. The molecule has 10 heteroatoms. The van der Waals surface area contributed by atoms with E-state index in [4.69, 9.17) is 4.74 Å². The van der Waals surface area contributed by atoms with E-state index in [1.165, 1.54) is 11.0 Å². The molecule has 1 aromatic carbocycles. The number of benzene rings is 1. The topological polar surface area (TPSA) is 75.7 Å². The summed E-state index contributed by atoms with van der Waals surface area (Å²) in [6, 6.07) is 3.03. The van der Waals surface area contributed by atoms with Gasteiger partial charge in [0, 0.05) is 18.0 Å². The molecule has 1 aliphatic rings. The van der Waals surface area contributed by atoms with Crippen LogP contribution in [0.1, 0.15) is 25.8 Å². The normalized spacial score (nSPS) is 16.3. The Bertz CT molecular complexity index is 735. The predicted octanol–water partition coefficient (Wildman–Crippen LogP) is 2.92. The summed E-state index contributed by atoms with van der Waals surface area (Å²) in [5.74, 6) is -1.64. The van der Waals surface area contributed by atoms with Crippen LogP contribution in [0.3, 0.4) is 0 Å². The van der Waals surface area contributed by atoms with Gasteiger partial charge in [0.05, 0.1) is 22.9 Å². The predicted molar refractivity (Wildman–Crippen MR) is 93.2 cm³/mol. The minimum absolute atomic E-state index is 0.0566. The van der Waals surface area contributed by atoms with E-state index < -0.39 is 35.5 Å². The Hall–Kier alpha value is -2.23. The van der Waals surface area contributed by atoms with Crippen LogP contribution in [0.4, 0.5) is 18.9 Å². The van der Waals surface area contributed by atoms with E-state index in [0.717, 1.165) is 23.9 Å². The largest absolute Gasteiger partial charge is 0.456 e. The van der Waals surface area contributed by atoms with Gasteiger partial charge in [0.2, 0.25) is 5.91 Å². The van der Waals surface area contributed by atoms with Gasteiger partial charge in [-0.05, 0) is 32.0 Å². The van der Waals surface area contributed by atoms with E-state index in [9.17, 15) is 27.6 Å². The first-order chi connectivity index (χ1) is 12.7. The lowest BCUT2D eigenvalue weighted by Crippen LogP contribution is -2.35. The molecule has 0 spiro atoms. The van der Waals surface area contributed by atoms with Crippen molar-refractivity contribution in [3.8, 4) is 0 Å². The molecule has 0 bridgehead atoms. The molecule has 2 amide bonds. The first-order valence-corrected chi connectivity index (χ1v) is 9.15. The number of fused-ring (bicyclic) bond motifs is 1. The molecule has 148 valence electrons. The minimum atomic E-state index is -4.51. The number of hydrogen-bond acceptors (Lipinski definition) is 5. The zero-order valence-corrected chi connectivity index (χ0v) is 15.6. The third-order valence-electron chi connectivity index (χ3n) is 3.95. The Morgan fingerprint density at radius 2 is 1.93 bits per heavy atom. The lowest BCUT2D eigenvalue weighted by Gasteiger charge is -2.24. The molecule has 27 heavy (non-hydrogen) atoms. The number of halogens is 3. The average molecular weight is 404 g/mol. The van der Waals surface area contributed by atoms with Crippen LogP contribution in [0.5, 0.6) is 0 Å². The van der Waals surface area contributed by atoms with Crippen LogP contribution >= 0.6 is 11.8 Å². The molecule has 6 nitrogen and oxygen atoms in total. The Morgan fingerprint density at radius 3 is 2.52 bits per heavy atom. The quantitative estimate of drug-likeness (QED) is 0.738. The molecular formula is C17H19F3N2O4S. The van der Waals surface area contributed by atoms with E-state index in [1.807, 2.05) is 0 Å². The van der Waals surface area contributed by atoms with E-state index in [-0.39, 0.29) is 18.0 Å². The van der Waals surface area contributed by atoms with E-state index >= 15 is 0 Å². The van der Waals surface area contributed by atoms with Crippen molar-refractivity contribution in [1.29, 1.82) is 0 Å². The average Bonchev–Trinajstić information content (AvgIpc) is 2.60. The van der Waals surface area contributed by atoms with Gasteiger partial charge in [0.15, 0.2) is 6.61 Å². The third kappa shape index (κ3) is 5.38. The van der Waals surface area contributed by atoms with Gasteiger partial charge in [-0.25, -0.2) is 0 Å². The minimum Gasteiger partial charge on any atom is -0.456 e. The number of rotatable bonds is 6. The smallest absolute Gasteiger partial charge is 0.416 e. The first kappa shape index (κ1) is 21.1. The number of likely N-dealkylation sites (N-methyl/N-ethyl adjacent to an activating group) is 1. The molecule has 1 aliphatic heterocycles. The first-order valence-electron chi connectivity index (χ1n) is 8.27. The molecule has 1 heterocycles. The Labute approximate surface area is 158 Å². The summed E-state index contributed by atoms with van der Waals surface area (Å²) >= 11 is 0.987. The SMILES string of the molecule is CCN(CC)C(=O)COC(=O)CC1Sc2ccc(C(F)(F)F)cc2NC1=O. The highest BCUT2D eigenvalue weighted by Crippen LogP contribution is 2.40. The Balaban J connectivity index is 1.96. The highest BCUT2D eigenvalue weighted by molar-refractivity contribution is 8.01. The van der Waals surface area contributed by atoms with Crippen LogP contribution in [0, 0.1) is 0 Å². The molecule has 0 radical (unpaired) electrons. The molecule has 0 aromatic heterocycles. The van der Waals surface area contributed by atoms with Crippen molar-refractivity contribution in [3.05, 3.63) is 23.8 Å². The molecule has 1 unspecified atom stereocenters. The summed E-state index contributed by atoms with van der Waals surface area (Å²) in [5, 5.41) is 1.54. The number of nitrogens with zero attached hydrogens (tertiary/aromatic N) is 1. The second-order valence-electron chi connectivity index (χ2n) is 5.74. The lowest BCUT2D eigenvalue weighted by molar-refractivity contribution is -0.152. The maximum absolute atomic E-state index is 12.8. The molecular weight excluding hydrogens is 385 g/mol.